The Balaban J connectivity index is 2.89. The summed E-state index contributed by atoms with van der Waals surface area (Å²) in [6, 6.07) is 2.92. The fourth-order valence-electron chi connectivity index (χ4n) is 0.910. The van der Waals surface area contributed by atoms with E-state index in [0.717, 1.165) is 4.70 Å². The van der Waals surface area contributed by atoms with Gasteiger partial charge in [0.15, 0.2) is 4.47 Å². The van der Waals surface area contributed by atoms with Crippen molar-refractivity contribution in [3.8, 4) is 0 Å². The van der Waals surface area contributed by atoms with E-state index in [0.29, 0.717) is 9.98 Å². The van der Waals surface area contributed by atoms with Crippen LogP contribution in [0.4, 0.5) is 4.39 Å². The maximum Gasteiger partial charge on any atom is 0.184 e. The normalized spacial score (nSPS) is 10.9. The van der Waals surface area contributed by atoms with E-state index in [1.807, 2.05) is 0 Å². The smallest absolute Gasteiger partial charge is 0.184 e. The summed E-state index contributed by atoms with van der Waals surface area (Å²) >= 11 is 12.6. The van der Waals surface area contributed by atoms with Crippen molar-refractivity contribution in [2.24, 2.45) is 0 Å². The lowest BCUT2D eigenvalue weighted by atomic mass is 10.3. The molecule has 0 fully saturated rings. The van der Waals surface area contributed by atoms with Gasteiger partial charge in [0.05, 0.1) is 4.70 Å². The molecule has 1 aromatic heterocycles. The van der Waals surface area contributed by atoms with Crippen LogP contribution in [0.25, 0.3) is 10.2 Å². The number of hydrogen-bond donors (Lipinski definition) is 0. The lowest BCUT2D eigenvalue weighted by Crippen LogP contribution is -1.76. The molecule has 0 aliphatic rings. The third kappa shape index (κ3) is 1.18. The monoisotopic (exact) mass is 221 g/mol. The van der Waals surface area contributed by atoms with Gasteiger partial charge in [-0.15, -0.1) is 11.3 Å². The zero-order valence-electron chi connectivity index (χ0n) is 5.64. The van der Waals surface area contributed by atoms with Crippen LogP contribution in [0.2, 0.25) is 9.49 Å². The van der Waals surface area contributed by atoms with Gasteiger partial charge in [0.1, 0.15) is 16.4 Å². The molecule has 0 N–H and O–H groups in total. The Morgan fingerprint density at radius 1 is 1.33 bits per heavy atom. The number of halogens is 3. The van der Waals surface area contributed by atoms with Crippen molar-refractivity contribution in [1.29, 1.82) is 0 Å². The Morgan fingerprint density at radius 2 is 2.08 bits per heavy atom. The molecule has 62 valence electrons. The van der Waals surface area contributed by atoms with Crippen LogP contribution in [0.1, 0.15) is 0 Å². The van der Waals surface area contributed by atoms with Crippen LogP contribution in [0.15, 0.2) is 12.1 Å². The molecule has 0 amide bonds. The first-order valence-electron chi connectivity index (χ1n) is 3.08. The Morgan fingerprint density at radius 3 is 2.83 bits per heavy atom. The van der Waals surface area contributed by atoms with Crippen molar-refractivity contribution in [3.63, 3.8) is 0 Å². The predicted molar refractivity (Wildman–Crippen MR) is 49.6 cm³/mol. The second-order valence-electron chi connectivity index (χ2n) is 2.17. The molecule has 1 nitrogen and oxygen atoms in total. The molecule has 0 saturated heterocycles. The van der Waals surface area contributed by atoms with Gasteiger partial charge in [-0.2, -0.15) is 0 Å². The summed E-state index contributed by atoms with van der Waals surface area (Å²) in [7, 11) is 0. The Bertz CT molecular complexity index is 440. The van der Waals surface area contributed by atoms with Gasteiger partial charge in [0.25, 0.3) is 0 Å². The molecular weight excluding hydrogens is 220 g/mol. The highest BCUT2D eigenvalue weighted by atomic mass is 35.5. The van der Waals surface area contributed by atoms with Gasteiger partial charge in [0, 0.05) is 0 Å². The lowest BCUT2D eigenvalue weighted by molar-refractivity contribution is 0.630. The third-order valence-corrected chi connectivity index (χ3v) is 2.91. The number of hydrogen-bond acceptors (Lipinski definition) is 2. The van der Waals surface area contributed by atoms with Crippen LogP contribution in [0.3, 0.4) is 0 Å². The minimum absolute atomic E-state index is 0.0376. The summed E-state index contributed by atoms with van der Waals surface area (Å²) in [5, 5.41) is 0.0376. The molecule has 0 bridgehead atoms. The molecule has 0 spiro atoms. The second kappa shape index (κ2) is 2.83. The van der Waals surface area contributed by atoms with E-state index >= 15 is 0 Å². The molecule has 12 heavy (non-hydrogen) atoms. The van der Waals surface area contributed by atoms with Crippen molar-refractivity contribution in [3.05, 3.63) is 27.4 Å². The number of fused-ring (bicyclic) bond motifs is 1. The minimum atomic E-state index is -0.467. The van der Waals surface area contributed by atoms with Crippen LogP contribution in [-0.4, -0.2) is 4.98 Å². The topological polar surface area (TPSA) is 12.9 Å². The van der Waals surface area contributed by atoms with Gasteiger partial charge in [0.2, 0.25) is 0 Å². The molecule has 2 aromatic rings. The molecule has 0 unspecified atom stereocenters. The fourth-order valence-corrected chi connectivity index (χ4v) is 2.21. The Labute approximate surface area is 81.7 Å². The van der Waals surface area contributed by atoms with Crippen LogP contribution >= 0.6 is 34.5 Å². The van der Waals surface area contributed by atoms with Gasteiger partial charge in [-0.3, -0.25) is 0 Å². The molecular formula is C7H2Cl2FNS. The molecule has 0 radical (unpaired) electrons. The van der Waals surface area contributed by atoms with E-state index in [1.165, 1.54) is 17.4 Å². The van der Waals surface area contributed by atoms with Gasteiger partial charge in [-0.25, -0.2) is 9.37 Å². The molecule has 2 rings (SSSR count). The zero-order chi connectivity index (χ0) is 8.72. The predicted octanol–water partition coefficient (Wildman–Crippen LogP) is 3.74. The van der Waals surface area contributed by atoms with Gasteiger partial charge >= 0.3 is 0 Å². The maximum absolute atomic E-state index is 12.8. The number of benzene rings is 1. The number of nitrogens with zero attached hydrogens (tertiary/aromatic N) is 1. The molecule has 0 aliphatic carbocycles. The highest BCUT2D eigenvalue weighted by Gasteiger charge is 2.09. The Hall–Kier alpha value is -0.380. The van der Waals surface area contributed by atoms with E-state index in [4.69, 9.17) is 23.2 Å². The number of rotatable bonds is 0. The van der Waals surface area contributed by atoms with Crippen LogP contribution in [-0.2, 0) is 0 Å². The first kappa shape index (κ1) is 8.23. The number of aromatic nitrogens is 1. The summed E-state index contributed by atoms with van der Waals surface area (Å²) in [5.74, 6) is -0.467. The van der Waals surface area contributed by atoms with Crippen molar-refractivity contribution >= 4 is 44.8 Å². The quantitative estimate of drug-likeness (QED) is 0.661. The molecule has 0 saturated carbocycles. The second-order valence-corrected chi connectivity index (χ2v) is 4.17. The molecule has 0 atom stereocenters. The van der Waals surface area contributed by atoms with Gasteiger partial charge < -0.3 is 0 Å². The Kier molecular flexibility index (Phi) is 1.94. The van der Waals surface area contributed by atoms with Crippen molar-refractivity contribution < 1.29 is 4.39 Å². The molecule has 1 aromatic carbocycles. The van der Waals surface area contributed by atoms with Gasteiger partial charge in [-0.1, -0.05) is 23.2 Å². The standard InChI is InChI=1S/C7H2Cl2FNS/c8-5-3(10)1-2-4-6(5)11-7(9)12-4/h1-2H. The summed E-state index contributed by atoms with van der Waals surface area (Å²) in [4.78, 5) is 3.89. The highest BCUT2D eigenvalue weighted by molar-refractivity contribution is 7.22. The lowest BCUT2D eigenvalue weighted by Gasteiger charge is -1.92. The van der Waals surface area contributed by atoms with E-state index in [9.17, 15) is 4.39 Å². The fraction of sp³-hybridized carbons (Fsp3) is 0. The first-order valence-corrected chi connectivity index (χ1v) is 4.66. The molecule has 5 heteroatoms. The molecule has 1 heterocycles. The third-order valence-electron chi connectivity index (χ3n) is 1.43. The highest BCUT2D eigenvalue weighted by Crippen LogP contribution is 2.31. The molecule has 0 aliphatic heterocycles. The van der Waals surface area contributed by atoms with Crippen LogP contribution in [0, 0.1) is 5.82 Å². The SMILES string of the molecule is Fc1ccc2sc(Cl)nc2c1Cl. The van der Waals surface area contributed by atoms with Crippen molar-refractivity contribution in [2.75, 3.05) is 0 Å². The average molecular weight is 222 g/mol. The van der Waals surface area contributed by atoms with E-state index in [2.05, 4.69) is 4.98 Å². The van der Waals surface area contributed by atoms with E-state index < -0.39 is 5.82 Å². The minimum Gasteiger partial charge on any atom is -0.223 e. The van der Waals surface area contributed by atoms with Crippen molar-refractivity contribution in [1.82, 2.24) is 4.98 Å². The largest absolute Gasteiger partial charge is 0.223 e. The van der Waals surface area contributed by atoms with Gasteiger partial charge in [-0.05, 0) is 12.1 Å². The van der Waals surface area contributed by atoms with E-state index in [1.54, 1.807) is 6.07 Å². The maximum atomic E-state index is 12.8. The zero-order valence-corrected chi connectivity index (χ0v) is 7.97. The summed E-state index contributed by atoms with van der Waals surface area (Å²) in [5.41, 5.74) is 0.437. The summed E-state index contributed by atoms with van der Waals surface area (Å²) in [6.07, 6.45) is 0. The van der Waals surface area contributed by atoms with Crippen LogP contribution < -0.4 is 0 Å². The van der Waals surface area contributed by atoms with E-state index in [-0.39, 0.29) is 5.02 Å². The number of thiazole rings is 1. The first-order chi connectivity index (χ1) is 5.68. The van der Waals surface area contributed by atoms with Crippen LogP contribution in [0.5, 0.6) is 0 Å². The van der Waals surface area contributed by atoms with Crippen molar-refractivity contribution in [2.45, 2.75) is 0 Å². The average Bonchev–Trinajstić information content (AvgIpc) is 2.39. The summed E-state index contributed by atoms with van der Waals surface area (Å²) in [6.45, 7) is 0. The summed E-state index contributed by atoms with van der Waals surface area (Å²) < 4.78 is 14.0.